The molecule has 0 saturated carbocycles. The maximum absolute atomic E-state index is 12.9. The van der Waals surface area contributed by atoms with Crippen molar-refractivity contribution in [2.75, 3.05) is 0 Å². The Morgan fingerprint density at radius 2 is 1.94 bits per heavy atom. The quantitative estimate of drug-likeness (QED) is 0.904. The van der Waals surface area contributed by atoms with Crippen LogP contribution < -0.4 is 0 Å². The van der Waals surface area contributed by atoms with Crippen molar-refractivity contribution in [1.29, 1.82) is 0 Å². The number of rotatable bonds is 3. The molecule has 2 rings (SSSR count). The monoisotopic (exact) mass is 247 g/mol. The lowest BCUT2D eigenvalue weighted by Gasteiger charge is -2.08. The molecule has 0 radical (unpaired) electrons. The highest BCUT2D eigenvalue weighted by atomic mass is 19.1. The molecule has 0 fully saturated rings. The second-order valence-electron chi connectivity index (χ2n) is 4.08. The molecule has 2 aromatic rings. The summed E-state index contributed by atoms with van der Waals surface area (Å²) in [6, 6.07) is 7.69. The van der Waals surface area contributed by atoms with Crippen LogP contribution in [0.4, 0.5) is 4.39 Å². The summed E-state index contributed by atoms with van der Waals surface area (Å²) in [7, 11) is 0. The fraction of sp³-hybridized carbons (Fsp3) is 0.214. The van der Waals surface area contributed by atoms with E-state index >= 15 is 0 Å². The summed E-state index contributed by atoms with van der Waals surface area (Å²) in [4.78, 5) is 11.1. The normalized spacial score (nSPS) is 10.6. The Morgan fingerprint density at radius 3 is 2.44 bits per heavy atom. The fourth-order valence-corrected chi connectivity index (χ4v) is 2.13. The Morgan fingerprint density at radius 1 is 1.33 bits per heavy atom. The highest BCUT2D eigenvalue weighted by Crippen LogP contribution is 2.26. The lowest BCUT2D eigenvalue weighted by atomic mass is 10.1. The first-order valence-corrected chi connectivity index (χ1v) is 5.74. The third-order valence-corrected chi connectivity index (χ3v) is 3.05. The van der Waals surface area contributed by atoms with Crippen molar-refractivity contribution in [3.63, 3.8) is 0 Å². The first-order valence-electron chi connectivity index (χ1n) is 5.74. The molecular formula is C14H14FNO2. The lowest BCUT2D eigenvalue weighted by molar-refractivity contribution is 0.0696. The Hall–Kier alpha value is -2.10. The molecular weight excluding hydrogens is 233 g/mol. The van der Waals surface area contributed by atoms with Gasteiger partial charge in [-0.25, -0.2) is 9.18 Å². The third-order valence-electron chi connectivity index (χ3n) is 3.05. The summed E-state index contributed by atoms with van der Waals surface area (Å²) in [6.45, 7) is 4.40. The molecule has 0 atom stereocenters. The maximum atomic E-state index is 12.9. The van der Waals surface area contributed by atoms with E-state index in [1.807, 2.05) is 11.5 Å². The zero-order valence-electron chi connectivity index (χ0n) is 10.3. The number of aromatic nitrogens is 1. The second-order valence-corrected chi connectivity index (χ2v) is 4.08. The molecule has 0 aliphatic rings. The number of hydrogen-bond donors (Lipinski definition) is 1. The minimum atomic E-state index is -0.942. The summed E-state index contributed by atoms with van der Waals surface area (Å²) in [5.41, 5.74) is 2.61. The number of carboxylic acids is 1. The molecule has 4 heteroatoms. The largest absolute Gasteiger partial charge is 0.478 e. The number of halogens is 1. The van der Waals surface area contributed by atoms with E-state index in [0.717, 1.165) is 11.3 Å². The van der Waals surface area contributed by atoms with Crippen LogP contribution in [0.1, 0.15) is 23.0 Å². The van der Waals surface area contributed by atoms with Crippen LogP contribution in [-0.2, 0) is 6.54 Å². The predicted octanol–water partition coefficient (Wildman–Crippen LogP) is 3.32. The molecule has 0 unspecified atom stereocenters. The maximum Gasteiger partial charge on any atom is 0.337 e. The van der Waals surface area contributed by atoms with Gasteiger partial charge in [0.15, 0.2) is 0 Å². The van der Waals surface area contributed by atoms with Gasteiger partial charge in [-0.3, -0.25) is 0 Å². The topological polar surface area (TPSA) is 42.2 Å². The van der Waals surface area contributed by atoms with Crippen LogP contribution in [0.5, 0.6) is 0 Å². The molecule has 1 N–H and O–H groups in total. The molecule has 0 saturated heterocycles. The summed E-state index contributed by atoms with van der Waals surface area (Å²) < 4.78 is 14.8. The van der Waals surface area contributed by atoms with Crippen LogP contribution in [0.3, 0.4) is 0 Å². The molecule has 0 aliphatic heterocycles. The van der Waals surface area contributed by atoms with Gasteiger partial charge in [-0.1, -0.05) is 0 Å². The molecule has 18 heavy (non-hydrogen) atoms. The van der Waals surface area contributed by atoms with Crippen molar-refractivity contribution in [2.24, 2.45) is 0 Å². The van der Waals surface area contributed by atoms with Gasteiger partial charge in [0.25, 0.3) is 0 Å². The number of carboxylic acid groups (broad SMARTS) is 1. The smallest absolute Gasteiger partial charge is 0.337 e. The average molecular weight is 247 g/mol. The number of nitrogens with zero attached hydrogens (tertiary/aromatic N) is 1. The van der Waals surface area contributed by atoms with Crippen LogP contribution in [0.2, 0.25) is 0 Å². The minimum Gasteiger partial charge on any atom is -0.478 e. The molecule has 0 spiro atoms. The van der Waals surface area contributed by atoms with Gasteiger partial charge in [0, 0.05) is 17.9 Å². The summed E-state index contributed by atoms with van der Waals surface area (Å²) >= 11 is 0. The van der Waals surface area contributed by atoms with Gasteiger partial charge in [-0.05, 0) is 49.7 Å². The van der Waals surface area contributed by atoms with E-state index in [4.69, 9.17) is 5.11 Å². The predicted molar refractivity (Wildman–Crippen MR) is 67.2 cm³/mol. The van der Waals surface area contributed by atoms with E-state index in [2.05, 4.69) is 0 Å². The first-order chi connectivity index (χ1) is 8.54. The number of carbonyl (C=O) groups is 1. The zero-order valence-corrected chi connectivity index (χ0v) is 10.3. The average Bonchev–Trinajstić information content (AvgIpc) is 2.67. The van der Waals surface area contributed by atoms with Crippen LogP contribution in [0, 0.1) is 12.7 Å². The Bertz CT molecular complexity index is 585. The summed E-state index contributed by atoms with van der Waals surface area (Å²) in [5.74, 6) is -1.24. The fourth-order valence-electron chi connectivity index (χ4n) is 2.13. The van der Waals surface area contributed by atoms with Crippen molar-refractivity contribution in [3.05, 3.63) is 47.4 Å². The van der Waals surface area contributed by atoms with Gasteiger partial charge in [-0.15, -0.1) is 0 Å². The third kappa shape index (κ3) is 2.01. The molecule has 1 aromatic heterocycles. The van der Waals surface area contributed by atoms with E-state index in [9.17, 15) is 9.18 Å². The van der Waals surface area contributed by atoms with E-state index in [-0.39, 0.29) is 11.4 Å². The zero-order chi connectivity index (χ0) is 13.3. The Kier molecular flexibility index (Phi) is 3.19. The first kappa shape index (κ1) is 12.4. The van der Waals surface area contributed by atoms with Gasteiger partial charge < -0.3 is 9.67 Å². The Balaban J connectivity index is 2.60. The van der Waals surface area contributed by atoms with Crippen molar-refractivity contribution in [2.45, 2.75) is 20.4 Å². The van der Waals surface area contributed by atoms with Crippen molar-refractivity contribution < 1.29 is 14.3 Å². The van der Waals surface area contributed by atoms with E-state index in [0.29, 0.717) is 12.2 Å². The van der Waals surface area contributed by atoms with E-state index < -0.39 is 5.97 Å². The minimum absolute atomic E-state index is 0.288. The number of benzene rings is 1. The number of aromatic carboxylic acids is 1. The van der Waals surface area contributed by atoms with Gasteiger partial charge in [0.1, 0.15) is 5.82 Å². The lowest BCUT2D eigenvalue weighted by Crippen LogP contribution is -2.02. The molecule has 1 heterocycles. The van der Waals surface area contributed by atoms with Crippen molar-refractivity contribution >= 4 is 5.97 Å². The van der Waals surface area contributed by atoms with Crippen molar-refractivity contribution in [1.82, 2.24) is 4.57 Å². The van der Waals surface area contributed by atoms with Gasteiger partial charge in [-0.2, -0.15) is 0 Å². The number of hydrogen-bond acceptors (Lipinski definition) is 1. The SMILES string of the molecule is CCn1c(-c2ccc(F)cc2)cc(C(=O)O)c1C. The van der Waals surface area contributed by atoms with Crippen LogP contribution in [0.25, 0.3) is 11.3 Å². The summed E-state index contributed by atoms with van der Waals surface area (Å²) in [5, 5.41) is 9.12. The molecule has 0 bridgehead atoms. The Labute approximate surface area is 104 Å². The highest BCUT2D eigenvalue weighted by molar-refractivity contribution is 5.91. The molecule has 94 valence electrons. The molecule has 0 amide bonds. The van der Waals surface area contributed by atoms with Gasteiger partial charge in [0.05, 0.1) is 5.56 Å². The van der Waals surface area contributed by atoms with Gasteiger partial charge in [0.2, 0.25) is 0 Å². The second kappa shape index (κ2) is 4.64. The highest BCUT2D eigenvalue weighted by Gasteiger charge is 2.16. The van der Waals surface area contributed by atoms with E-state index in [1.54, 1.807) is 25.1 Å². The molecule has 1 aromatic carbocycles. The standard InChI is InChI=1S/C14H14FNO2/c1-3-16-9(2)12(14(17)18)8-13(16)10-4-6-11(15)7-5-10/h4-8H,3H2,1-2H3,(H,17,18). The van der Waals surface area contributed by atoms with Crippen LogP contribution in [0.15, 0.2) is 30.3 Å². The summed E-state index contributed by atoms with van der Waals surface area (Å²) in [6.07, 6.45) is 0. The van der Waals surface area contributed by atoms with Gasteiger partial charge >= 0.3 is 5.97 Å². The van der Waals surface area contributed by atoms with E-state index in [1.165, 1.54) is 12.1 Å². The molecule has 3 nitrogen and oxygen atoms in total. The van der Waals surface area contributed by atoms with Crippen LogP contribution in [-0.4, -0.2) is 15.6 Å². The van der Waals surface area contributed by atoms with Crippen molar-refractivity contribution in [3.8, 4) is 11.3 Å². The van der Waals surface area contributed by atoms with Crippen LogP contribution >= 0.6 is 0 Å². The molecule has 0 aliphatic carbocycles.